The van der Waals surface area contributed by atoms with Crippen LogP contribution in [0.15, 0.2) is 24.5 Å². The Labute approximate surface area is 116 Å². The highest BCUT2D eigenvalue weighted by Crippen LogP contribution is 2.33. The molecular weight excluding hydrogens is 264 g/mol. The van der Waals surface area contributed by atoms with Crippen molar-refractivity contribution in [2.45, 2.75) is 26.5 Å². The molecule has 0 radical (unpaired) electrons. The van der Waals surface area contributed by atoms with Crippen molar-refractivity contribution in [2.24, 2.45) is 0 Å². The van der Waals surface area contributed by atoms with Crippen molar-refractivity contribution in [3.05, 3.63) is 40.7 Å². The number of rotatable bonds is 4. The summed E-state index contributed by atoms with van der Waals surface area (Å²) in [6.45, 7) is 4.03. The highest BCUT2D eigenvalue weighted by molar-refractivity contribution is 6.30. The van der Waals surface area contributed by atoms with Gasteiger partial charge in [0.05, 0.1) is 19.0 Å². The van der Waals surface area contributed by atoms with E-state index in [1.54, 1.807) is 6.20 Å². The van der Waals surface area contributed by atoms with Crippen LogP contribution in [0.3, 0.4) is 0 Å². The molecule has 3 rings (SSSR count). The maximum atomic E-state index is 6.11. The topological polar surface area (TPSA) is 36.3 Å². The molecule has 4 nitrogen and oxygen atoms in total. The first-order valence-electron chi connectivity index (χ1n) is 6.35. The largest absolute Gasteiger partial charge is 0.493 e. The number of fused-ring (bicyclic) bond motifs is 1. The summed E-state index contributed by atoms with van der Waals surface area (Å²) in [5.74, 6) is 1.68. The molecule has 1 aromatic heterocycles. The molecule has 0 N–H and O–H groups in total. The third-order valence-corrected chi connectivity index (χ3v) is 3.37. The lowest BCUT2D eigenvalue weighted by Crippen LogP contribution is -1.98. The first-order valence-corrected chi connectivity index (χ1v) is 6.73. The minimum absolute atomic E-state index is 0.443. The summed E-state index contributed by atoms with van der Waals surface area (Å²) < 4.78 is 13.2. The summed E-state index contributed by atoms with van der Waals surface area (Å²) in [4.78, 5) is 0. The normalized spacial score (nSPS) is 13.2. The van der Waals surface area contributed by atoms with Gasteiger partial charge in [0.15, 0.2) is 5.75 Å². The Kier molecular flexibility index (Phi) is 3.34. The van der Waals surface area contributed by atoms with Gasteiger partial charge in [-0.05, 0) is 24.6 Å². The van der Waals surface area contributed by atoms with E-state index in [0.717, 1.165) is 47.2 Å². The molecule has 0 aliphatic carbocycles. The van der Waals surface area contributed by atoms with Gasteiger partial charge in [-0.1, -0.05) is 11.6 Å². The molecule has 2 heterocycles. The van der Waals surface area contributed by atoms with E-state index in [1.165, 1.54) is 0 Å². The summed E-state index contributed by atoms with van der Waals surface area (Å²) in [5, 5.41) is 4.90. The lowest BCUT2D eigenvalue weighted by Gasteiger charge is -2.09. The van der Waals surface area contributed by atoms with Crippen molar-refractivity contribution in [1.29, 1.82) is 0 Å². The van der Waals surface area contributed by atoms with Gasteiger partial charge in [0.2, 0.25) is 0 Å². The smallest absolute Gasteiger partial charge is 0.157 e. The Bertz CT molecular complexity index is 595. The van der Waals surface area contributed by atoms with E-state index in [9.17, 15) is 0 Å². The molecule has 1 aromatic carbocycles. The molecule has 0 saturated carbocycles. The highest BCUT2D eigenvalue weighted by Gasteiger charge is 2.18. The lowest BCUT2D eigenvalue weighted by atomic mass is 10.1. The monoisotopic (exact) mass is 278 g/mol. The van der Waals surface area contributed by atoms with Crippen molar-refractivity contribution in [3.8, 4) is 11.5 Å². The predicted molar refractivity (Wildman–Crippen MR) is 72.9 cm³/mol. The number of halogens is 1. The molecular formula is C14H15ClN2O2. The molecule has 5 heteroatoms. The van der Waals surface area contributed by atoms with Gasteiger partial charge in [0.25, 0.3) is 0 Å². The van der Waals surface area contributed by atoms with E-state index in [4.69, 9.17) is 21.1 Å². The molecule has 2 aromatic rings. The van der Waals surface area contributed by atoms with Crippen molar-refractivity contribution in [2.75, 3.05) is 6.61 Å². The standard InChI is InChI=1S/C14H15ClN2O2/c1-2-17-8-13(7-16-17)19-9-11-6-12(15)5-10-3-4-18-14(10)11/h5-8H,2-4,9H2,1H3. The van der Waals surface area contributed by atoms with Gasteiger partial charge in [-0.2, -0.15) is 5.10 Å². The average molecular weight is 279 g/mol. The Morgan fingerprint density at radius 2 is 2.37 bits per heavy atom. The Morgan fingerprint density at radius 3 is 3.16 bits per heavy atom. The van der Waals surface area contributed by atoms with Gasteiger partial charge in [-0.3, -0.25) is 4.68 Å². The quantitative estimate of drug-likeness (QED) is 0.862. The number of ether oxygens (including phenoxy) is 2. The molecule has 0 amide bonds. The van der Waals surface area contributed by atoms with Crippen LogP contribution in [0.1, 0.15) is 18.1 Å². The third-order valence-electron chi connectivity index (χ3n) is 3.15. The SMILES string of the molecule is CCn1cc(OCc2cc(Cl)cc3c2OCC3)cn1. The Morgan fingerprint density at radius 1 is 1.47 bits per heavy atom. The average Bonchev–Trinajstić information content (AvgIpc) is 3.03. The minimum atomic E-state index is 0.443. The fourth-order valence-electron chi connectivity index (χ4n) is 2.21. The lowest BCUT2D eigenvalue weighted by molar-refractivity contribution is 0.291. The predicted octanol–water partition coefficient (Wildman–Crippen LogP) is 3.07. The molecule has 1 aliphatic heterocycles. The van der Waals surface area contributed by atoms with Gasteiger partial charge >= 0.3 is 0 Å². The summed E-state index contributed by atoms with van der Waals surface area (Å²) in [6.07, 6.45) is 4.51. The number of hydrogen-bond donors (Lipinski definition) is 0. The Hall–Kier alpha value is -1.68. The highest BCUT2D eigenvalue weighted by atomic mass is 35.5. The van der Waals surface area contributed by atoms with Crippen LogP contribution in [0.2, 0.25) is 5.02 Å². The maximum Gasteiger partial charge on any atom is 0.157 e. The first-order chi connectivity index (χ1) is 9.26. The van der Waals surface area contributed by atoms with Gasteiger partial charge in [-0.15, -0.1) is 0 Å². The second kappa shape index (κ2) is 5.13. The van der Waals surface area contributed by atoms with Gasteiger partial charge in [0, 0.05) is 23.6 Å². The number of aryl methyl sites for hydroxylation is 1. The van der Waals surface area contributed by atoms with Crippen LogP contribution in [0.25, 0.3) is 0 Å². The number of hydrogen-bond acceptors (Lipinski definition) is 3. The number of benzene rings is 1. The first kappa shape index (κ1) is 12.4. The maximum absolute atomic E-state index is 6.11. The molecule has 0 atom stereocenters. The number of aromatic nitrogens is 2. The van der Waals surface area contributed by atoms with E-state index in [-0.39, 0.29) is 0 Å². The van der Waals surface area contributed by atoms with Crippen molar-refractivity contribution in [1.82, 2.24) is 9.78 Å². The molecule has 19 heavy (non-hydrogen) atoms. The molecule has 0 unspecified atom stereocenters. The molecule has 0 bridgehead atoms. The zero-order valence-electron chi connectivity index (χ0n) is 10.7. The third kappa shape index (κ3) is 2.54. The van der Waals surface area contributed by atoms with E-state index in [2.05, 4.69) is 5.10 Å². The minimum Gasteiger partial charge on any atom is -0.493 e. The molecule has 0 fully saturated rings. The molecule has 100 valence electrons. The van der Waals surface area contributed by atoms with Crippen LogP contribution in [-0.4, -0.2) is 16.4 Å². The van der Waals surface area contributed by atoms with E-state index in [0.29, 0.717) is 6.61 Å². The van der Waals surface area contributed by atoms with Crippen LogP contribution >= 0.6 is 11.6 Å². The van der Waals surface area contributed by atoms with Crippen molar-refractivity contribution < 1.29 is 9.47 Å². The van der Waals surface area contributed by atoms with Crippen LogP contribution in [0.5, 0.6) is 11.5 Å². The number of nitrogens with zero attached hydrogens (tertiary/aromatic N) is 2. The van der Waals surface area contributed by atoms with E-state index in [1.807, 2.05) is 29.9 Å². The zero-order chi connectivity index (χ0) is 13.2. The van der Waals surface area contributed by atoms with Crippen molar-refractivity contribution in [3.63, 3.8) is 0 Å². The molecule has 0 saturated heterocycles. The van der Waals surface area contributed by atoms with Crippen LogP contribution in [-0.2, 0) is 19.6 Å². The van der Waals surface area contributed by atoms with E-state index < -0.39 is 0 Å². The zero-order valence-corrected chi connectivity index (χ0v) is 11.5. The molecule has 1 aliphatic rings. The fraction of sp³-hybridized carbons (Fsp3) is 0.357. The van der Waals surface area contributed by atoms with Crippen molar-refractivity contribution >= 4 is 11.6 Å². The summed E-state index contributed by atoms with van der Waals surface area (Å²) >= 11 is 6.11. The molecule has 0 spiro atoms. The van der Waals surface area contributed by atoms with Crippen LogP contribution in [0.4, 0.5) is 0 Å². The van der Waals surface area contributed by atoms with Gasteiger partial charge in [0.1, 0.15) is 12.4 Å². The van der Waals surface area contributed by atoms with Crippen LogP contribution < -0.4 is 9.47 Å². The summed E-state index contributed by atoms with van der Waals surface area (Å²) in [5.41, 5.74) is 2.15. The Balaban J connectivity index is 1.76. The van der Waals surface area contributed by atoms with E-state index >= 15 is 0 Å². The second-order valence-corrected chi connectivity index (χ2v) is 4.91. The van der Waals surface area contributed by atoms with Gasteiger partial charge < -0.3 is 9.47 Å². The summed E-state index contributed by atoms with van der Waals surface area (Å²) in [7, 11) is 0. The van der Waals surface area contributed by atoms with Gasteiger partial charge in [-0.25, -0.2) is 0 Å². The summed E-state index contributed by atoms with van der Waals surface area (Å²) in [6, 6.07) is 3.86. The van der Waals surface area contributed by atoms with Crippen LogP contribution in [0, 0.1) is 0 Å². The fourth-order valence-corrected chi connectivity index (χ4v) is 2.47. The second-order valence-electron chi connectivity index (χ2n) is 4.47.